The number of carbonyl (C=O) groups excluding carboxylic acids is 2. The number of hydrogen-bond donors (Lipinski definition) is 0. The predicted molar refractivity (Wildman–Crippen MR) is 148 cm³/mol. The fourth-order valence-electron chi connectivity index (χ4n) is 5.07. The first-order valence-electron chi connectivity index (χ1n) is 12.1. The minimum atomic E-state index is -0.527. The van der Waals surface area contributed by atoms with Gasteiger partial charge in [0.05, 0.1) is 5.56 Å². The zero-order valence-electron chi connectivity index (χ0n) is 21.9. The summed E-state index contributed by atoms with van der Waals surface area (Å²) in [5, 5.41) is 0. The van der Waals surface area contributed by atoms with Crippen molar-refractivity contribution in [1.82, 2.24) is 0 Å². The summed E-state index contributed by atoms with van der Waals surface area (Å²) in [6, 6.07) is 20.3. The molecule has 5 heteroatoms. The molecule has 0 aliphatic rings. The molecule has 0 heterocycles. The number of ketones is 2. The van der Waals surface area contributed by atoms with Crippen LogP contribution >= 0.6 is 8.69 Å². The summed E-state index contributed by atoms with van der Waals surface area (Å²) in [7, 11) is -0.527. The molecule has 0 saturated carbocycles. The van der Waals surface area contributed by atoms with Crippen LogP contribution in [-0.2, 0) is 4.57 Å². The van der Waals surface area contributed by atoms with Gasteiger partial charge in [0.15, 0.2) is 11.6 Å². The number of carbonyl (C=O) groups is 2. The molecule has 4 aromatic rings. The first kappa shape index (κ1) is 26.2. The fourth-order valence-corrected chi connectivity index (χ4v) is 5.31. The molecule has 0 N–H and O–H groups in total. The average molecular weight is 509 g/mol. The SMILES string of the molecule is Cc1cc(C)c(C(=O)c2ccccc2-c2cc(C(=O)c3ccccc3OP=O)c(C)c(C)c2C)c(C)c1. The maximum atomic E-state index is 13.9. The maximum absolute atomic E-state index is 13.9. The van der Waals surface area contributed by atoms with E-state index in [1.165, 1.54) is 0 Å². The van der Waals surface area contributed by atoms with Gasteiger partial charge in [0.25, 0.3) is 0 Å². The maximum Gasteiger partial charge on any atom is 0.395 e. The molecule has 0 aromatic heterocycles. The van der Waals surface area contributed by atoms with Crippen molar-refractivity contribution in [3.05, 3.63) is 122 Å². The quantitative estimate of drug-likeness (QED) is 0.186. The van der Waals surface area contributed by atoms with Crippen LogP contribution in [0.5, 0.6) is 5.75 Å². The lowest BCUT2D eigenvalue weighted by atomic mass is 9.84. The third-order valence-electron chi connectivity index (χ3n) is 7.10. The van der Waals surface area contributed by atoms with E-state index in [0.717, 1.165) is 44.5 Å². The summed E-state index contributed by atoms with van der Waals surface area (Å²) in [6.07, 6.45) is 0. The summed E-state index contributed by atoms with van der Waals surface area (Å²) in [5.74, 6) is -0.0105. The molecule has 4 aromatic carbocycles. The van der Waals surface area contributed by atoms with E-state index < -0.39 is 8.69 Å². The van der Waals surface area contributed by atoms with Crippen molar-refractivity contribution in [2.45, 2.75) is 41.5 Å². The molecule has 37 heavy (non-hydrogen) atoms. The molecule has 0 saturated heterocycles. The van der Waals surface area contributed by atoms with E-state index in [-0.39, 0.29) is 17.3 Å². The van der Waals surface area contributed by atoms with Gasteiger partial charge in [-0.05, 0) is 98.7 Å². The highest BCUT2D eigenvalue weighted by atomic mass is 31.1. The van der Waals surface area contributed by atoms with Crippen molar-refractivity contribution >= 4 is 20.3 Å². The molecule has 4 nitrogen and oxygen atoms in total. The van der Waals surface area contributed by atoms with Crippen LogP contribution in [0.15, 0.2) is 66.7 Å². The van der Waals surface area contributed by atoms with Crippen molar-refractivity contribution < 1.29 is 18.7 Å². The highest BCUT2D eigenvalue weighted by molar-refractivity contribution is 7.17. The Balaban J connectivity index is 1.91. The monoisotopic (exact) mass is 508 g/mol. The smallest absolute Gasteiger partial charge is 0.395 e. The van der Waals surface area contributed by atoms with Crippen LogP contribution in [0.1, 0.15) is 65.2 Å². The van der Waals surface area contributed by atoms with E-state index >= 15 is 0 Å². The van der Waals surface area contributed by atoms with Crippen molar-refractivity contribution in [2.24, 2.45) is 0 Å². The van der Waals surface area contributed by atoms with Crippen LogP contribution in [-0.4, -0.2) is 11.6 Å². The Kier molecular flexibility index (Phi) is 7.52. The van der Waals surface area contributed by atoms with Gasteiger partial charge in [-0.2, -0.15) is 0 Å². The molecular weight excluding hydrogens is 479 g/mol. The Morgan fingerprint density at radius 2 is 1.22 bits per heavy atom. The Morgan fingerprint density at radius 3 is 1.86 bits per heavy atom. The molecule has 0 radical (unpaired) electrons. The molecule has 0 atom stereocenters. The van der Waals surface area contributed by atoms with Crippen molar-refractivity contribution in [3.63, 3.8) is 0 Å². The third kappa shape index (κ3) is 4.90. The minimum absolute atomic E-state index is 0.0377. The summed E-state index contributed by atoms with van der Waals surface area (Å²) in [4.78, 5) is 27.6. The number of para-hydroxylation sites is 1. The molecule has 0 amide bonds. The number of hydrogen-bond acceptors (Lipinski definition) is 4. The van der Waals surface area contributed by atoms with Crippen LogP contribution in [0.3, 0.4) is 0 Å². The van der Waals surface area contributed by atoms with Gasteiger partial charge in [0, 0.05) is 16.7 Å². The van der Waals surface area contributed by atoms with E-state index in [2.05, 4.69) is 0 Å². The average Bonchev–Trinajstić information content (AvgIpc) is 2.87. The van der Waals surface area contributed by atoms with Gasteiger partial charge in [-0.3, -0.25) is 9.59 Å². The van der Waals surface area contributed by atoms with Gasteiger partial charge >= 0.3 is 8.69 Å². The van der Waals surface area contributed by atoms with Crippen LogP contribution in [0.25, 0.3) is 11.1 Å². The Labute approximate surface area is 219 Å². The summed E-state index contributed by atoms with van der Waals surface area (Å²) >= 11 is 0. The van der Waals surface area contributed by atoms with Gasteiger partial charge in [-0.1, -0.05) is 54.1 Å². The lowest BCUT2D eigenvalue weighted by Gasteiger charge is -2.19. The topological polar surface area (TPSA) is 60.4 Å². The summed E-state index contributed by atoms with van der Waals surface area (Å²) < 4.78 is 16.3. The van der Waals surface area contributed by atoms with Crippen LogP contribution in [0, 0.1) is 41.5 Å². The van der Waals surface area contributed by atoms with Crippen molar-refractivity contribution in [1.29, 1.82) is 0 Å². The van der Waals surface area contributed by atoms with Crippen molar-refractivity contribution in [3.8, 4) is 16.9 Å². The van der Waals surface area contributed by atoms with Gasteiger partial charge in [0.1, 0.15) is 5.75 Å². The molecule has 0 aliphatic carbocycles. The normalized spacial score (nSPS) is 11.0. The third-order valence-corrected chi connectivity index (χ3v) is 7.37. The first-order valence-corrected chi connectivity index (χ1v) is 12.8. The van der Waals surface area contributed by atoms with E-state index in [0.29, 0.717) is 22.3 Å². The Morgan fingerprint density at radius 1 is 0.622 bits per heavy atom. The molecule has 0 bridgehead atoms. The molecule has 0 fully saturated rings. The summed E-state index contributed by atoms with van der Waals surface area (Å²) in [5.41, 5.74) is 9.61. The van der Waals surface area contributed by atoms with E-state index in [1.807, 2.05) is 84.0 Å². The van der Waals surface area contributed by atoms with Gasteiger partial charge < -0.3 is 4.52 Å². The van der Waals surface area contributed by atoms with Gasteiger partial charge in [-0.15, -0.1) is 0 Å². The lowest BCUT2D eigenvalue weighted by Crippen LogP contribution is -2.11. The fraction of sp³-hybridized carbons (Fsp3) is 0.188. The number of benzene rings is 4. The second-order valence-electron chi connectivity index (χ2n) is 9.49. The van der Waals surface area contributed by atoms with E-state index in [1.54, 1.807) is 24.3 Å². The molecule has 0 spiro atoms. The Hall–Kier alpha value is -3.88. The second kappa shape index (κ2) is 10.6. The molecule has 186 valence electrons. The minimum Gasteiger partial charge on any atom is -0.407 e. The molecule has 4 rings (SSSR count). The first-order chi connectivity index (χ1) is 17.6. The Bertz CT molecular complexity index is 1540. The summed E-state index contributed by atoms with van der Waals surface area (Å²) in [6.45, 7) is 11.9. The van der Waals surface area contributed by atoms with Crippen LogP contribution < -0.4 is 4.52 Å². The lowest BCUT2D eigenvalue weighted by molar-refractivity contribution is 0.103. The van der Waals surface area contributed by atoms with Gasteiger partial charge in [-0.25, -0.2) is 4.57 Å². The number of aryl methyl sites for hydroxylation is 3. The zero-order valence-corrected chi connectivity index (χ0v) is 22.8. The van der Waals surface area contributed by atoms with Crippen LogP contribution in [0.2, 0.25) is 0 Å². The predicted octanol–water partition coefficient (Wildman–Crippen LogP) is 8.25. The van der Waals surface area contributed by atoms with Crippen molar-refractivity contribution in [2.75, 3.05) is 0 Å². The molecule has 0 aliphatic heterocycles. The highest BCUT2D eigenvalue weighted by Gasteiger charge is 2.24. The highest BCUT2D eigenvalue weighted by Crippen LogP contribution is 2.36. The van der Waals surface area contributed by atoms with Gasteiger partial charge in [0.2, 0.25) is 0 Å². The largest absolute Gasteiger partial charge is 0.407 e. The van der Waals surface area contributed by atoms with Crippen LogP contribution in [0.4, 0.5) is 0 Å². The van der Waals surface area contributed by atoms with E-state index in [4.69, 9.17) is 4.52 Å². The standard InChI is InChI=1S/C32H29O4P/c1-18-15-19(2)30(20(3)16-18)32(34)25-12-8-7-11-24(25)27-17-28(23(6)21(4)22(27)5)31(33)26-13-9-10-14-29(26)36-37-35/h7-17H,1-6H3. The second-order valence-corrected chi connectivity index (χ2v) is 9.82. The van der Waals surface area contributed by atoms with E-state index in [9.17, 15) is 14.2 Å². The molecular formula is C32H29O4P. The zero-order chi connectivity index (χ0) is 26.9. The number of rotatable bonds is 7. The molecule has 0 unspecified atom stereocenters.